The number of aliphatic imine (C=N–C) groups is 1. The number of aromatic nitrogens is 2. The van der Waals surface area contributed by atoms with E-state index in [9.17, 15) is 23.1 Å². The quantitative estimate of drug-likeness (QED) is 0.560. The molecule has 4 heterocycles. The van der Waals surface area contributed by atoms with E-state index >= 15 is 0 Å². The van der Waals surface area contributed by atoms with Gasteiger partial charge in [0.1, 0.15) is 17.1 Å². The minimum absolute atomic E-state index is 0.0117. The maximum absolute atomic E-state index is 13.5. The number of H-pyrrole nitrogens is 1. The van der Waals surface area contributed by atoms with E-state index in [0.717, 1.165) is 22.4 Å². The predicted octanol–water partition coefficient (Wildman–Crippen LogP) is 4.64. The van der Waals surface area contributed by atoms with Crippen LogP contribution in [0.2, 0.25) is 0 Å². The second kappa shape index (κ2) is 9.69. The van der Waals surface area contributed by atoms with Crippen LogP contribution >= 0.6 is 0 Å². The van der Waals surface area contributed by atoms with E-state index < -0.39 is 29.5 Å². The van der Waals surface area contributed by atoms with Gasteiger partial charge >= 0.3 is 0 Å². The summed E-state index contributed by atoms with van der Waals surface area (Å²) in [7, 11) is 0. The standard InChI is InChI=1S/C17H22F2N4O2.C8H5FO/c1-4-9-12(13(15(18)19)22-14(9)17(2,3)25)16(24)23-6-5-10-11(7-23)21-8-20-10;9-7-1-2-8-6(5-7)3-4-10-8/h8-9,15,25H,4-7H2,1-3H3,(H,20,21);1-5H. The Kier molecular flexibility index (Phi) is 6.84. The second-order valence-corrected chi connectivity index (χ2v) is 9.02. The molecular weight excluding hydrogens is 461 g/mol. The van der Waals surface area contributed by atoms with Crippen LogP contribution in [-0.2, 0) is 17.8 Å². The number of aromatic amines is 1. The molecule has 2 aliphatic rings. The molecule has 0 radical (unpaired) electrons. The molecule has 1 unspecified atom stereocenters. The van der Waals surface area contributed by atoms with Gasteiger partial charge < -0.3 is 19.4 Å². The van der Waals surface area contributed by atoms with Crippen LogP contribution in [0.15, 0.2) is 57.5 Å². The van der Waals surface area contributed by atoms with Gasteiger partial charge in [-0.15, -0.1) is 0 Å². The molecule has 2 N–H and O–H groups in total. The molecule has 186 valence electrons. The van der Waals surface area contributed by atoms with Crippen molar-refractivity contribution in [2.24, 2.45) is 10.9 Å². The molecule has 0 saturated heterocycles. The van der Waals surface area contributed by atoms with Crippen LogP contribution in [0.3, 0.4) is 0 Å². The maximum atomic E-state index is 13.5. The Morgan fingerprint density at radius 2 is 2.11 bits per heavy atom. The average molecular weight is 489 g/mol. The highest BCUT2D eigenvalue weighted by molar-refractivity contribution is 6.08. The lowest BCUT2D eigenvalue weighted by Gasteiger charge is -2.30. The number of carbonyl (C=O) groups is 1. The summed E-state index contributed by atoms with van der Waals surface area (Å²) in [5.74, 6) is -1.26. The summed E-state index contributed by atoms with van der Waals surface area (Å²) >= 11 is 0. The molecule has 1 aromatic carbocycles. The molecule has 2 aromatic heterocycles. The van der Waals surface area contributed by atoms with Crippen LogP contribution in [0.1, 0.15) is 38.6 Å². The highest BCUT2D eigenvalue weighted by Gasteiger charge is 2.43. The Balaban J connectivity index is 0.000000239. The van der Waals surface area contributed by atoms with Gasteiger partial charge in [-0.05, 0) is 44.5 Å². The van der Waals surface area contributed by atoms with Crippen molar-refractivity contribution in [2.45, 2.75) is 52.2 Å². The largest absolute Gasteiger partial charge is 0.464 e. The fourth-order valence-electron chi connectivity index (χ4n) is 4.46. The number of halogens is 3. The number of hydrogen-bond donors (Lipinski definition) is 2. The van der Waals surface area contributed by atoms with E-state index in [4.69, 9.17) is 4.42 Å². The fraction of sp³-hybridized carbons (Fsp3) is 0.400. The number of aliphatic hydroxyl groups is 1. The molecule has 0 fully saturated rings. The lowest BCUT2D eigenvalue weighted by molar-refractivity contribution is -0.128. The summed E-state index contributed by atoms with van der Waals surface area (Å²) in [4.78, 5) is 25.7. The van der Waals surface area contributed by atoms with Crippen molar-refractivity contribution in [2.75, 3.05) is 6.54 Å². The number of benzene rings is 1. The SMILES string of the molecule is CCC1C(C(C)(C)O)=NC(C(F)F)=C1C(=O)N1CCc2nc[nH]c2C1.Fc1ccc2occc2c1. The molecule has 1 amide bonds. The summed E-state index contributed by atoms with van der Waals surface area (Å²) in [6.07, 6.45) is 1.26. The van der Waals surface area contributed by atoms with Crippen LogP contribution in [-0.4, -0.2) is 50.2 Å². The molecule has 35 heavy (non-hydrogen) atoms. The summed E-state index contributed by atoms with van der Waals surface area (Å²) < 4.78 is 44.6. The van der Waals surface area contributed by atoms with Gasteiger partial charge in [0.25, 0.3) is 12.3 Å². The zero-order valence-corrected chi connectivity index (χ0v) is 19.7. The van der Waals surface area contributed by atoms with Crippen LogP contribution in [0.4, 0.5) is 13.2 Å². The number of furan rings is 1. The smallest absolute Gasteiger partial charge is 0.280 e. The molecule has 10 heteroatoms. The Hall–Kier alpha value is -3.40. The second-order valence-electron chi connectivity index (χ2n) is 9.02. The molecule has 2 aliphatic heterocycles. The monoisotopic (exact) mass is 488 g/mol. The van der Waals surface area contributed by atoms with Crippen molar-refractivity contribution >= 4 is 22.6 Å². The Morgan fingerprint density at radius 1 is 1.34 bits per heavy atom. The van der Waals surface area contributed by atoms with E-state index in [-0.39, 0.29) is 17.1 Å². The molecule has 1 atom stereocenters. The zero-order chi connectivity index (χ0) is 25.3. The Bertz CT molecular complexity index is 1290. The molecule has 7 nitrogen and oxygen atoms in total. The van der Waals surface area contributed by atoms with Crippen molar-refractivity contribution in [1.82, 2.24) is 14.9 Å². The number of nitrogens with zero attached hydrogens (tertiary/aromatic N) is 3. The number of rotatable bonds is 4. The van der Waals surface area contributed by atoms with Gasteiger partial charge in [-0.1, -0.05) is 6.92 Å². The number of nitrogens with one attached hydrogen (secondary N) is 1. The van der Waals surface area contributed by atoms with Crippen molar-refractivity contribution in [1.29, 1.82) is 0 Å². The van der Waals surface area contributed by atoms with Crippen LogP contribution in [0.5, 0.6) is 0 Å². The van der Waals surface area contributed by atoms with Crippen molar-refractivity contribution in [3.63, 3.8) is 0 Å². The Morgan fingerprint density at radius 3 is 2.80 bits per heavy atom. The first-order valence-electron chi connectivity index (χ1n) is 11.4. The van der Waals surface area contributed by atoms with Crippen LogP contribution < -0.4 is 0 Å². The van der Waals surface area contributed by atoms with E-state index in [0.29, 0.717) is 25.9 Å². The topological polar surface area (TPSA) is 94.7 Å². The number of carbonyl (C=O) groups excluding carboxylic acids is 1. The number of alkyl halides is 2. The number of fused-ring (bicyclic) bond motifs is 2. The highest BCUT2D eigenvalue weighted by Crippen LogP contribution is 2.37. The predicted molar refractivity (Wildman–Crippen MR) is 124 cm³/mol. The van der Waals surface area contributed by atoms with Crippen molar-refractivity contribution in [3.05, 3.63) is 65.3 Å². The summed E-state index contributed by atoms with van der Waals surface area (Å²) in [5.41, 5.74) is 0.824. The van der Waals surface area contributed by atoms with Crippen LogP contribution in [0, 0.1) is 11.7 Å². The molecule has 0 bridgehead atoms. The van der Waals surface area contributed by atoms with Gasteiger partial charge in [0.2, 0.25) is 0 Å². The van der Waals surface area contributed by atoms with Crippen molar-refractivity contribution < 1.29 is 27.5 Å². The third-order valence-electron chi connectivity index (χ3n) is 6.14. The number of amides is 1. The zero-order valence-electron chi connectivity index (χ0n) is 19.7. The van der Waals surface area contributed by atoms with Gasteiger partial charge in [-0.3, -0.25) is 9.79 Å². The van der Waals surface area contributed by atoms with E-state index in [1.54, 1.807) is 36.5 Å². The first kappa shape index (κ1) is 24.7. The maximum Gasteiger partial charge on any atom is 0.280 e. The van der Waals surface area contributed by atoms with Gasteiger partial charge in [0.05, 0.1) is 47.4 Å². The first-order valence-corrected chi connectivity index (χ1v) is 11.4. The summed E-state index contributed by atoms with van der Waals surface area (Å²) in [6.45, 7) is 5.54. The molecular formula is C25H27F3N4O3. The molecule has 0 saturated carbocycles. The number of hydrogen-bond acceptors (Lipinski definition) is 5. The molecule has 5 rings (SSSR count). The normalized spacial score (nSPS) is 18.0. The van der Waals surface area contributed by atoms with Gasteiger partial charge in [0.15, 0.2) is 0 Å². The third kappa shape index (κ3) is 5.02. The van der Waals surface area contributed by atoms with Crippen LogP contribution in [0.25, 0.3) is 11.0 Å². The van der Waals surface area contributed by atoms with Gasteiger partial charge in [-0.25, -0.2) is 18.2 Å². The van der Waals surface area contributed by atoms with E-state index in [1.807, 2.05) is 0 Å². The number of allylic oxidation sites excluding steroid dienone is 1. The molecule has 3 aromatic rings. The van der Waals surface area contributed by atoms with Gasteiger partial charge in [0, 0.05) is 24.3 Å². The summed E-state index contributed by atoms with van der Waals surface area (Å²) in [6, 6.07) is 6.17. The molecule has 0 spiro atoms. The summed E-state index contributed by atoms with van der Waals surface area (Å²) in [5, 5.41) is 11.1. The van der Waals surface area contributed by atoms with E-state index in [2.05, 4.69) is 15.0 Å². The lowest BCUT2D eigenvalue weighted by atomic mass is 9.84. The fourth-order valence-corrected chi connectivity index (χ4v) is 4.46. The van der Waals surface area contributed by atoms with Gasteiger partial charge in [-0.2, -0.15) is 0 Å². The van der Waals surface area contributed by atoms with E-state index in [1.165, 1.54) is 26.0 Å². The first-order chi connectivity index (χ1) is 16.6. The minimum Gasteiger partial charge on any atom is -0.464 e. The third-order valence-corrected chi connectivity index (χ3v) is 6.14. The highest BCUT2D eigenvalue weighted by atomic mass is 19.3. The minimum atomic E-state index is -2.86. The average Bonchev–Trinajstić information content (AvgIpc) is 3.54. The molecule has 0 aliphatic carbocycles. The Labute approximate surface area is 200 Å². The number of imidazole rings is 1. The van der Waals surface area contributed by atoms with Crippen molar-refractivity contribution in [3.8, 4) is 0 Å². The lowest BCUT2D eigenvalue weighted by Crippen LogP contribution is -2.41.